The summed E-state index contributed by atoms with van der Waals surface area (Å²) in [5.74, 6) is 0. The first kappa shape index (κ1) is 35.2. The zero-order valence-corrected chi connectivity index (χ0v) is 33.4. The van der Waals surface area contributed by atoms with Gasteiger partial charge in [0.1, 0.15) is 12.3 Å². The highest BCUT2D eigenvalue weighted by Crippen LogP contribution is 2.42. The Morgan fingerprint density at radius 1 is 0.361 bits per heavy atom. The largest absolute Gasteiger partial charge is 0.334 e. The van der Waals surface area contributed by atoms with Crippen molar-refractivity contribution < 1.29 is 0 Å². The van der Waals surface area contributed by atoms with Crippen molar-refractivity contribution in [3.63, 3.8) is 0 Å². The predicted octanol–water partition coefficient (Wildman–Crippen LogP) is 13.0. The van der Waals surface area contributed by atoms with Crippen molar-refractivity contribution >= 4 is 44.6 Å². The third-order valence-corrected chi connectivity index (χ3v) is 12.6. The third-order valence-electron chi connectivity index (χ3n) is 12.6. The molecular weight excluding hydrogens is 743 g/mol. The van der Waals surface area contributed by atoms with Gasteiger partial charge in [0.15, 0.2) is 0 Å². The van der Waals surface area contributed by atoms with Crippen molar-refractivity contribution in [2.45, 2.75) is 24.4 Å². The Bertz CT molecular complexity index is 2940. The molecule has 2 aliphatic heterocycles. The number of allylic oxidation sites excluding steroid dienone is 4. The van der Waals surface area contributed by atoms with Crippen LogP contribution in [0.1, 0.15) is 23.5 Å². The highest BCUT2D eigenvalue weighted by molar-refractivity contribution is 6.12. The van der Waals surface area contributed by atoms with Gasteiger partial charge in [-0.05, 0) is 106 Å². The molecule has 4 atom stereocenters. The number of para-hydroxylation sites is 1. The second-order valence-corrected chi connectivity index (χ2v) is 16.1. The van der Waals surface area contributed by atoms with E-state index < -0.39 is 0 Å². The fourth-order valence-corrected chi connectivity index (χ4v) is 9.68. The molecule has 5 heteroatoms. The molecule has 12 rings (SSSR count). The molecule has 4 aliphatic rings. The lowest BCUT2D eigenvalue weighted by Gasteiger charge is -2.31. The molecule has 0 saturated carbocycles. The Morgan fingerprint density at radius 3 is 1.21 bits per heavy atom. The van der Waals surface area contributed by atoms with Gasteiger partial charge in [0.05, 0.1) is 34.5 Å². The lowest BCUT2D eigenvalue weighted by Crippen LogP contribution is -2.35. The van der Waals surface area contributed by atoms with Crippen molar-refractivity contribution in [2.75, 3.05) is 9.80 Å². The lowest BCUT2D eigenvalue weighted by molar-refractivity contribution is 0.696. The van der Waals surface area contributed by atoms with E-state index in [0.29, 0.717) is 0 Å². The van der Waals surface area contributed by atoms with Gasteiger partial charge in [-0.3, -0.25) is 9.98 Å². The minimum absolute atomic E-state index is 0.0786. The van der Waals surface area contributed by atoms with E-state index >= 15 is 0 Å². The van der Waals surface area contributed by atoms with Gasteiger partial charge in [0.2, 0.25) is 0 Å². The minimum atomic E-state index is -0.0786. The Balaban J connectivity index is 0.910. The molecule has 7 aromatic carbocycles. The van der Waals surface area contributed by atoms with E-state index in [1.54, 1.807) is 0 Å². The molecular formula is C56H41N5. The van der Waals surface area contributed by atoms with Crippen LogP contribution in [0.4, 0.5) is 11.4 Å². The van der Waals surface area contributed by atoms with Crippen LogP contribution in [0.15, 0.2) is 235 Å². The number of aliphatic imine (C=N–C) groups is 2. The number of aromatic nitrogens is 1. The molecule has 4 unspecified atom stereocenters. The molecule has 0 saturated heterocycles. The average molecular weight is 784 g/mol. The molecule has 0 N–H and O–H groups in total. The summed E-state index contributed by atoms with van der Waals surface area (Å²) in [5, 5.41) is 2.45. The Morgan fingerprint density at radius 2 is 0.770 bits per heavy atom. The van der Waals surface area contributed by atoms with E-state index in [2.05, 4.69) is 239 Å². The first-order valence-electron chi connectivity index (χ1n) is 21.1. The van der Waals surface area contributed by atoms with Crippen LogP contribution >= 0.6 is 0 Å². The van der Waals surface area contributed by atoms with E-state index in [-0.39, 0.29) is 24.4 Å². The summed E-state index contributed by atoms with van der Waals surface area (Å²) in [7, 11) is 0. The van der Waals surface area contributed by atoms with Gasteiger partial charge in [-0.2, -0.15) is 0 Å². The Kier molecular flexibility index (Phi) is 8.37. The smallest absolute Gasteiger partial charge is 0.148 e. The summed E-state index contributed by atoms with van der Waals surface area (Å²) in [6.45, 7) is 0. The fourth-order valence-electron chi connectivity index (χ4n) is 9.68. The highest BCUT2D eigenvalue weighted by Gasteiger charge is 2.37. The van der Waals surface area contributed by atoms with Crippen molar-refractivity contribution in [1.29, 1.82) is 0 Å². The molecule has 290 valence electrons. The Hall–Kier alpha value is -7.76. The van der Waals surface area contributed by atoms with Gasteiger partial charge in [0, 0.05) is 27.8 Å². The fraction of sp³-hybridized carbons (Fsp3) is 0.0714. The number of nitrogens with zero attached hydrogens (tertiary/aromatic N) is 5. The van der Waals surface area contributed by atoms with E-state index in [0.717, 1.165) is 28.5 Å². The molecule has 3 heterocycles. The maximum absolute atomic E-state index is 5.18. The normalized spacial score (nSPS) is 20.0. The first-order chi connectivity index (χ1) is 30.2. The maximum atomic E-state index is 5.18. The lowest BCUT2D eigenvalue weighted by atomic mass is 9.99. The molecule has 0 bridgehead atoms. The topological polar surface area (TPSA) is 36.1 Å². The number of hydrogen-bond donors (Lipinski definition) is 0. The zero-order chi connectivity index (χ0) is 40.3. The van der Waals surface area contributed by atoms with Crippen LogP contribution in [0.2, 0.25) is 0 Å². The summed E-state index contributed by atoms with van der Waals surface area (Å²) < 4.78 is 2.39. The summed E-state index contributed by atoms with van der Waals surface area (Å²) in [4.78, 5) is 15.2. The average Bonchev–Trinajstić information content (AvgIpc) is 4.02. The standard InChI is InChI=1S/C56H41N5/c1-4-14-40(15-5-1)55-57-49-20-10-12-22-53(49)60(55)45-30-24-38(25-31-45)42-28-34-51-47(36-42)48-37-43(29-35-52(48)59(51)44-18-8-3-9-19-44)39-26-32-46(33-27-39)61-54-23-13-11-21-50(54)58-56(61)41-16-6-2-7-17-41/h1-37,53-56H. The molecule has 5 nitrogen and oxygen atoms in total. The monoisotopic (exact) mass is 783 g/mol. The van der Waals surface area contributed by atoms with E-state index in [9.17, 15) is 0 Å². The third kappa shape index (κ3) is 6.00. The predicted molar refractivity (Wildman–Crippen MR) is 254 cm³/mol. The molecule has 0 fully saturated rings. The van der Waals surface area contributed by atoms with Crippen LogP contribution in [0.3, 0.4) is 0 Å². The van der Waals surface area contributed by atoms with Crippen molar-refractivity contribution in [2.24, 2.45) is 9.98 Å². The van der Waals surface area contributed by atoms with Crippen molar-refractivity contribution in [3.8, 4) is 27.9 Å². The van der Waals surface area contributed by atoms with Crippen LogP contribution in [0.25, 0.3) is 49.7 Å². The number of rotatable bonds is 7. The number of hydrogen-bond acceptors (Lipinski definition) is 4. The summed E-state index contributed by atoms with van der Waals surface area (Å²) in [6.07, 6.45) is 17.1. The van der Waals surface area contributed by atoms with Gasteiger partial charge < -0.3 is 14.4 Å². The van der Waals surface area contributed by atoms with Gasteiger partial charge >= 0.3 is 0 Å². The summed E-state index contributed by atoms with van der Waals surface area (Å²) in [6, 6.07) is 64.1. The van der Waals surface area contributed by atoms with Crippen LogP contribution in [0.5, 0.6) is 0 Å². The van der Waals surface area contributed by atoms with Crippen LogP contribution < -0.4 is 9.80 Å². The molecule has 0 spiro atoms. The zero-order valence-electron chi connectivity index (χ0n) is 33.4. The SMILES string of the molecule is C1=CC2=NC(c3ccccc3)N(c3ccc(-c4ccc5c(c4)c4cc(-c6ccc(N7C8C=CC=CC8=NC7c7ccccc7)cc6)ccc4n5-c4ccccc4)cc3)C2C=C1. The number of anilines is 2. The van der Waals surface area contributed by atoms with Gasteiger partial charge in [-0.1, -0.05) is 152 Å². The van der Waals surface area contributed by atoms with E-state index in [1.165, 1.54) is 55.2 Å². The molecule has 61 heavy (non-hydrogen) atoms. The van der Waals surface area contributed by atoms with E-state index in [1.807, 2.05) is 0 Å². The summed E-state index contributed by atoms with van der Waals surface area (Å²) in [5.41, 5.74) is 15.1. The van der Waals surface area contributed by atoms with Gasteiger partial charge in [0.25, 0.3) is 0 Å². The molecule has 2 aliphatic carbocycles. The Labute approximate surface area is 355 Å². The number of fused-ring (bicyclic) bond motifs is 5. The van der Waals surface area contributed by atoms with Crippen LogP contribution in [0, 0.1) is 0 Å². The second-order valence-electron chi connectivity index (χ2n) is 16.1. The minimum Gasteiger partial charge on any atom is -0.334 e. The molecule has 0 amide bonds. The molecule has 1 aromatic heterocycles. The van der Waals surface area contributed by atoms with Crippen LogP contribution in [-0.4, -0.2) is 28.1 Å². The number of benzene rings is 7. The highest BCUT2D eigenvalue weighted by atomic mass is 15.3. The molecule has 8 aromatic rings. The first-order valence-corrected chi connectivity index (χ1v) is 21.1. The van der Waals surface area contributed by atoms with Gasteiger partial charge in [-0.15, -0.1) is 0 Å². The van der Waals surface area contributed by atoms with E-state index in [4.69, 9.17) is 9.98 Å². The van der Waals surface area contributed by atoms with Gasteiger partial charge in [-0.25, -0.2) is 0 Å². The second kappa shape index (κ2) is 14.5. The van der Waals surface area contributed by atoms with Crippen molar-refractivity contribution in [1.82, 2.24) is 4.57 Å². The molecule has 0 radical (unpaired) electrons. The van der Waals surface area contributed by atoms with Crippen LogP contribution in [-0.2, 0) is 0 Å². The quantitative estimate of drug-likeness (QED) is 0.161. The van der Waals surface area contributed by atoms with Crippen molar-refractivity contribution in [3.05, 3.63) is 236 Å². The summed E-state index contributed by atoms with van der Waals surface area (Å²) >= 11 is 0. The maximum Gasteiger partial charge on any atom is 0.148 e.